The maximum absolute atomic E-state index is 4.37. The minimum absolute atomic E-state index is 0.686. The molecule has 1 saturated heterocycles. The van der Waals surface area contributed by atoms with Crippen molar-refractivity contribution in [1.29, 1.82) is 0 Å². The molecular formula is C13H24N4. The molecule has 0 amide bonds. The molecule has 96 valence electrons. The fourth-order valence-electron chi connectivity index (χ4n) is 2.50. The van der Waals surface area contributed by atoms with E-state index < -0.39 is 0 Å². The lowest BCUT2D eigenvalue weighted by atomic mass is 10.2. The highest BCUT2D eigenvalue weighted by molar-refractivity contribution is 5.03. The van der Waals surface area contributed by atoms with Crippen molar-refractivity contribution in [3.63, 3.8) is 0 Å². The van der Waals surface area contributed by atoms with Gasteiger partial charge in [0.2, 0.25) is 0 Å². The highest BCUT2D eigenvalue weighted by atomic mass is 15.3. The largest absolute Gasteiger partial charge is 0.313 e. The first kappa shape index (κ1) is 12.6. The number of rotatable bonds is 6. The van der Waals surface area contributed by atoms with Crippen molar-refractivity contribution in [3.8, 4) is 0 Å². The van der Waals surface area contributed by atoms with E-state index in [9.17, 15) is 0 Å². The van der Waals surface area contributed by atoms with E-state index in [-0.39, 0.29) is 0 Å². The first-order chi connectivity index (χ1) is 8.28. The lowest BCUT2D eigenvalue weighted by Crippen LogP contribution is -2.34. The molecular weight excluding hydrogens is 212 g/mol. The van der Waals surface area contributed by atoms with Gasteiger partial charge in [-0.1, -0.05) is 6.92 Å². The number of aryl methyl sites for hydroxylation is 1. The van der Waals surface area contributed by atoms with Crippen LogP contribution < -0.4 is 5.32 Å². The molecule has 0 spiro atoms. The van der Waals surface area contributed by atoms with E-state index in [0.29, 0.717) is 6.04 Å². The molecule has 1 aromatic rings. The van der Waals surface area contributed by atoms with Crippen LogP contribution in [0.3, 0.4) is 0 Å². The van der Waals surface area contributed by atoms with E-state index >= 15 is 0 Å². The van der Waals surface area contributed by atoms with Gasteiger partial charge in [-0.05, 0) is 32.9 Å². The quantitative estimate of drug-likeness (QED) is 0.812. The molecule has 4 heteroatoms. The minimum atomic E-state index is 0.686. The maximum Gasteiger partial charge on any atom is 0.0534 e. The van der Waals surface area contributed by atoms with Gasteiger partial charge in [0, 0.05) is 37.4 Å². The van der Waals surface area contributed by atoms with Crippen LogP contribution in [0.15, 0.2) is 12.4 Å². The molecule has 1 atom stereocenters. The van der Waals surface area contributed by atoms with Gasteiger partial charge < -0.3 is 10.2 Å². The summed E-state index contributed by atoms with van der Waals surface area (Å²) in [5.74, 6) is 0. The second-order valence-corrected chi connectivity index (χ2v) is 5.10. The molecule has 0 bridgehead atoms. The summed E-state index contributed by atoms with van der Waals surface area (Å²) in [6.45, 7) is 6.53. The van der Waals surface area contributed by atoms with Gasteiger partial charge in [-0.3, -0.25) is 4.68 Å². The standard InChI is InChI=1S/C13H24N4/c1-3-7-17-10-12(8-15-17)9-16(2)11-13-5-4-6-14-13/h8,10,13-14H,3-7,9,11H2,1-2H3. The number of nitrogens with zero attached hydrogens (tertiary/aromatic N) is 3. The van der Waals surface area contributed by atoms with Crippen molar-refractivity contribution in [2.24, 2.45) is 0 Å². The summed E-state index contributed by atoms with van der Waals surface area (Å²) in [4.78, 5) is 2.39. The Morgan fingerprint density at radius 1 is 1.59 bits per heavy atom. The van der Waals surface area contributed by atoms with Gasteiger partial charge in [0.05, 0.1) is 6.20 Å². The molecule has 1 aliphatic heterocycles. The third kappa shape index (κ3) is 3.82. The predicted octanol–water partition coefficient (Wildman–Crippen LogP) is 1.48. The summed E-state index contributed by atoms with van der Waals surface area (Å²) in [6, 6.07) is 0.686. The molecule has 0 aromatic carbocycles. The lowest BCUT2D eigenvalue weighted by Gasteiger charge is -2.20. The Labute approximate surface area is 104 Å². The summed E-state index contributed by atoms with van der Waals surface area (Å²) in [5.41, 5.74) is 1.32. The fourth-order valence-corrected chi connectivity index (χ4v) is 2.50. The van der Waals surface area contributed by atoms with Gasteiger partial charge in [-0.25, -0.2) is 0 Å². The molecule has 4 nitrogen and oxygen atoms in total. The van der Waals surface area contributed by atoms with E-state index in [1.165, 1.54) is 24.9 Å². The van der Waals surface area contributed by atoms with Gasteiger partial charge in [0.15, 0.2) is 0 Å². The molecule has 0 aliphatic carbocycles. The van der Waals surface area contributed by atoms with Crippen molar-refractivity contribution < 1.29 is 0 Å². The highest BCUT2D eigenvalue weighted by Crippen LogP contribution is 2.08. The van der Waals surface area contributed by atoms with E-state index in [1.807, 2.05) is 10.9 Å². The number of nitrogens with one attached hydrogen (secondary N) is 1. The van der Waals surface area contributed by atoms with E-state index in [1.54, 1.807) is 0 Å². The Morgan fingerprint density at radius 2 is 2.47 bits per heavy atom. The van der Waals surface area contributed by atoms with Crippen LogP contribution in [-0.2, 0) is 13.1 Å². The summed E-state index contributed by atoms with van der Waals surface area (Å²) >= 11 is 0. The van der Waals surface area contributed by atoms with E-state index in [0.717, 1.165) is 26.1 Å². The van der Waals surface area contributed by atoms with Crippen molar-refractivity contribution >= 4 is 0 Å². The summed E-state index contributed by atoms with van der Waals surface area (Å²) in [6.07, 6.45) is 7.95. The normalized spacial score (nSPS) is 20.3. The van der Waals surface area contributed by atoms with Gasteiger partial charge in [0.25, 0.3) is 0 Å². The van der Waals surface area contributed by atoms with Crippen LogP contribution in [0.25, 0.3) is 0 Å². The van der Waals surface area contributed by atoms with Crippen molar-refractivity contribution in [3.05, 3.63) is 18.0 Å². The zero-order valence-electron chi connectivity index (χ0n) is 11.0. The van der Waals surface area contributed by atoms with E-state index in [4.69, 9.17) is 0 Å². The number of hydrogen-bond donors (Lipinski definition) is 1. The van der Waals surface area contributed by atoms with Crippen molar-refractivity contribution in [2.75, 3.05) is 20.1 Å². The number of likely N-dealkylation sites (N-methyl/N-ethyl adjacent to an activating group) is 1. The van der Waals surface area contributed by atoms with Gasteiger partial charge in [-0.2, -0.15) is 5.10 Å². The van der Waals surface area contributed by atoms with Gasteiger partial charge in [0.1, 0.15) is 0 Å². The zero-order valence-corrected chi connectivity index (χ0v) is 11.0. The Hall–Kier alpha value is -0.870. The summed E-state index contributed by atoms with van der Waals surface area (Å²) in [7, 11) is 2.19. The Bertz CT molecular complexity index is 328. The number of hydrogen-bond acceptors (Lipinski definition) is 3. The minimum Gasteiger partial charge on any atom is -0.313 e. The number of aromatic nitrogens is 2. The van der Waals surface area contributed by atoms with Crippen LogP contribution in [0.5, 0.6) is 0 Å². The maximum atomic E-state index is 4.37. The van der Waals surface area contributed by atoms with Gasteiger partial charge in [-0.15, -0.1) is 0 Å². The predicted molar refractivity (Wildman–Crippen MR) is 69.9 cm³/mol. The third-order valence-electron chi connectivity index (χ3n) is 3.29. The fraction of sp³-hybridized carbons (Fsp3) is 0.769. The second kappa shape index (κ2) is 6.17. The zero-order chi connectivity index (χ0) is 12.1. The monoisotopic (exact) mass is 236 g/mol. The first-order valence-corrected chi connectivity index (χ1v) is 6.71. The molecule has 1 N–H and O–H groups in total. The van der Waals surface area contributed by atoms with Crippen LogP contribution in [0.4, 0.5) is 0 Å². The molecule has 1 aromatic heterocycles. The van der Waals surface area contributed by atoms with E-state index in [2.05, 4.69) is 35.5 Å². The highest BCUT2D eigenvalue weighted by Gasteiger charge is 2.16. The Morgan fingerprint density at radius 3 is 3.18 bits per heavy atom. The van der Waals surface area contributed by atoms with Crippen molar-refractivity contribution in [1.82, 2.24) is 20.0 Å². The van der Waals surface area contributed by atoms with Crippen LogP contribution >= 0.6 is 0 Å². The molecule has 1 aliphatic rings. The average molecular weight is 236 g/mol. The summed E-state index contributed by atoms with van der Waals surface area (Å²) < 4.78 is 2.04. The molecule has 2 heterocycles. The molecule has 0 saturated carbocycles. The van der Waals surface area contributed by atoms with Crippen LogP contribution in [0.2, 0.25) is 0 Å². The Balaban J connectivity index is 1.78. The lowest BCUT2D eigenvalue weighted by molar-refractivity contribution is 0.293. The Kier molecular flexibility index (Phi) is 4.57. The smallest absolute Gasteiger partial charge is 0.0534 e. The molecule has 17 heavy (non-hydrogen) atoms. The molecule has 1 fully saturated rings. The van der Waals surface area contributed by atoms with Crippen LogP contribution in [0.1, 0.15) is 31.7 Å². The first-order valence-electron chi connectivity index (χ1n) is 6.71. The van der Waals surface area contributed by atoms with Crippen LogP contribution in [-0.4, -0.2) is 40.9 Å². The molecule has 1 unspecified atom stereocenters. The molecule has 2 rings (SSSR count). The SMILES string of the molecule is CCCn1cc(CN(C)CC2CCCN2)cn1. The third-order valence-corrected chi connectivity index (χ3v) is 3.29. The molecule has 0 radical (unpaired) electrons. The topological polar surface area (TPSA) is 33.1 Å². The average Bonchev–Trinajstić information content (AvgIpc) is 2.91. The van der Waals surface area contributed by atoms with Crippen molar-refractivity contribution in [2.45, 2.75) is 45.3 Å². The van der Waals surface area contributed by atoms with Crippen LogP contribution in [0, 0.1) is 0 Å². The second-order valence-electron chi connectivity index (χ2n) is 5.10. The summed E-state index contributed by atoms with van der Waals surface area (Å²) in [5, 5.41) is 7.90. The van der Waals surface area contributed by atoms with Gasteiger partial charge >= 0.3 is 0 Å².